The number of rotatable bonds is 5. The van der Waals surface area contributed by atoms with Crippen molar-refractivity contribution in [1.82, 2.24) is 15.1 Å². The number of aromatic amines is 1. The zero-order valence-electron chi connectivity index (χ0n) is 12.4. The molecule has 1 unspecified atom stereocenters. The lowest BCUT2D eigenvalue weighted by atomic mass is 9.85. The highest BCUT2D eigenvalue weighted by Gasteiger charge is 2.30. The number of hydrogen-bond acceptors (Lipinski definition) is 3. The molecule has 2 fully saturated rings. The summed E-state index contributed by atoms with van der Waals surface area (Å²) in [6, 6.07) is 0. The first kappa shape index (κ1) is 14.9. The number of halogens is 1. The van der Waals surface area contributed by atoms with Gasteiger partial charge in [-0.3, -0.25) is 9.89 Å². The molecule has 1 aromatic heterocycles. The predicted molar refractivity (Wildman–Crippen MR) is 80.6 cm³/mol. The maximum atomic E-state index is 12.7. The molecule has 0 bridgehead atoms. The van der Waals surface area contributed by atoms with E-state index in [1.807, 2.05) is 11.8 Å². The van der Waals surface area contributed by atoms with Gasteiger partial charge in [-0.05, 0) is 38.5 Å². The summed E-state index contributed by atoms with van der Waals surface area (Å²) in [5.41, 5.74) is 1.08. The highest BCUT2D eigenvalue weighted by atomic mass is 35.5. The molecule has 6 heteroatoms. The average molecular weight is 312 g/mol. The van der Waals surface area contributed by atoms with Crippen LogP contribution >= 0.6 is 11.6 Å². The summed E-state index contributed by atoms with van der Waals surface area (Å²) in [5, 5.41) is 7.30. The maximum absolute atomic E-state index is 12.7. The standard InChI is InChI=1S/C15H22ClN3O2/c1-10-13(16)14(18-17-10)15(20)19(8-11-4-2-5-11)9-12-6-3-7-21-12/h11-12H,2-9H2,1H3,(H,17,18). The summed E-state index contributed by atoms with van der Waals surface area (Å²) in [6.45, 7) is 4.07. The first-order valence-electron chi connectivity index (χ1n) is 7.76. The van der Waals surface area contributed by atoms with E-state index in [4.69, 9.17) is 16.3 Å². The van der Waals surface area contributed by atoms with E-state index in [2.05, 4.69) is 10.2 Å². The Bertz CT molecular complexity index is 507. The Morgan fingerprint density at radius 3 is 2.71 bits per heavy atom. The van der Waals surface area contributed by atoms with Crippen LogP contribution in [0.15, 0.2) is 0 Å². The van der Waals surface area contributed by atoms with Gasteiger partial charge in [0.2, 0.25) is 0 Å². The minimum atomic E-state index is -0.0771. The van der Waals surface area contributed by atoms with Crippen LogP contribution in [0.1, 0.15) is 48.3 Å². The van der Waals surface area contributed by atoms with Crippen molar-refractivity contribution >= 4 is 17.5 Å². The van der Waals surface area contributed by atoms with Gasteiger partial charge < -0.3 is 9.64 Å². The van der Waals surface area contributed by atoms with Gasteiger partial charge in [-0.1, -0.05) is 18.0 Å². The Balaban J connectivity index is 1.72. The van der Waals surface area contributed by atoms with Crippen molar-refractivity contribution < 1.29 is 9.53 Å². The molecule has 2 heterocycles. The van der Waals surface area contributed by atoms with Crippen LogP contribution in [0.5, 0.6) is 0 Å². The highest BCUT2D eigenvalue weighted by Crippen LogP contribution is 2.29. The van der Waals surface area contributed by atoms with Crippen molar-refractivity contribution in [3.63, 3.8) is 0 Å². The topological polar surface area (TPSA) is 58.2 Å². The number of aryl methyl sites for hydroxylation is 1. The number of nitrogens with one attached hydrogen (secondary N) is 1. The van der Waals surface area contributed by atoms with Crippen LogP contribution in [0.4, 0.5) is 0 Å². The average Bonchev–Trinajstić information content (AvgIpc) is 3.03. The number of aromatic nitrogens is 2. The van der Waals surface area contributed by atoms with Crippen molar-refractivity contribution in [1.29, 1.82) is 0 Å². The molecule has 1 amide bonds. The summed E-state index contributed by atoms with van der Waals surface area (Å²) in [5.74, 6) is 0.543. The molecule has 1 aliphatic heterocycles. The van der Waals surface area contributed by atoms with Crippen LogP contribution in [0.3, 0.4) is 0 Å². The third-order valence-corrected chi connectivity index (χ3v) is 4.98. The van der Waals surface area contributed by atoms with E-state index < -0.39 is 0 Å². The van der Waals surface area contributed by atoms with E-state index in [9.17, 15) is 4.79 Å². The molecule has 21 heavy (non-hydrogen) atoms. The lowest BCUT2D eigenvalue weighted by molar-refractivity contribution is 0.0443. The van der Waals surface area contributed by atoms with Gasteiger partial charge in [-0.15, -0.1) is 0 Å². The minimum Gasteiger partial charge on any atom is -0.376 e. The monoisotopic (exact) mass is 311 g/mol. The molecule has 1 saturated carbocycles. The van der Waals surface area contributed by atoms with E-state index in [0.29, 0.717) is 23.2 Å². The molecular weight excluding hydrogens is 290 g/mol. The quantitative estimate of drug-likeness (QED) is 0.909. The lowest BCUT2D eigenvalue weighted by Gasteiger charge is -2.33. The smallest absolute Gasteiger partial charge is 0.276 e. The van der Waals surface area contributed by atoms with E-state index in [-0.39, 0.29) is 12.0 Å². The predicted octanol–water partition coefficient (Wildman–Crippen LogP) is 2.79. The molecule has 116 valence electrons. The normalized spacial score (nSPS) is 22.3. The Hall–Kier alpha value is -1.07. The minimum absolute atomic E-state index is 0.0771. The molecule has 0 radical (unpaired) electrons. The van der Waals surface area contributed by atoms with Crippen LogP contribution in [0.2, 0.25) is 5.02 Å². The summed E-state index contributed by atoms with van der Waals surface area (Å²) in [7, 11) is 0. The van der Waals surface area contributed by atoms with Gasteiger partial charge in [0.05, 0.1) is 16.8 Å². The second-order valence-corrected chi connectivity index (χ2v) is 6.53. The van der Waals surface area contributed by atoms with Crippen molar-refractivity contribution in [2.75, 3.05) is 19.7 Å². The Labute approximate surface area is 130 Å². The Morgan fingerprint density at radius 2 is 2.19 bits per heavy atom. The largest absolute Gasteiger partial charge is 0.376 e. The fourth-order valence-corrected chi connectivity index (χ4v) is 3.13. The van der Waals surface area contributed by atoms with Crippen molar-refractivity contribution in [2.45, 2.75) is 45.1 Å². The number of H-pyrrole nitrogens is 1. The van der Waals surface area contributed by atoms with Gasteiger partial charge in [-0.2, -0.15) is 5.10 Å². The third-order valence-electron chi connectivity index (χ3n) is 4.51. The zero-order chi connectivity index (χ0) is 14.8. The fraction of sp³-hybridized carbons (Fsp3) is 0.733. The molecule has 0 spiro atoms. The van der Waals surface area contributed by atoms with Gasteiger partial charge in [-0.25, -0.2) is 0 Å². The molecule has 3 rings (SSSR count). The number of amides is 1. The molecule has 2 aliphatic rings. The van der Waals surface area contributed by atoms with Gasteiger partial charge in [0.15, 0.2) is 5.69 Å². The van der Waals surface area contributed by atoms with Gasteiger partial charge in [0.25, 0.3) is 5.91 Å². The van der Waals surface area contributed by atoms with Crippen LogP contribution < -0.4 is 0 Å². The molecule has 1 aromatic rings. The van der Waals surface area contributed by atoms with Gasteiger partial charge in [0, 0.05) is 19.7 Å². The molecule has 1 N–H and O–H groups in total. The summed E-state index contributed by atoms with van der Waals surface area (Å²) in [6.07, 6.45) is 5.97. The van der Waals surface area contributed by atoms with Crippen molar-refractivity contribution in [3.8, 4) is 0 Å². The third kappa shape index (κ3) is 3.24. The van der Waals surface area contributed by atoms with E-state index >= 15 is 0 Å². The summed E-state index contributed by atoms with van der Waals surface area (Å²) in [4.78, 5) is 14.6. The Morgan fingerprint density at radius 1 is 1.38 bits per heavy atom. The van der Waals surface area contributed by atoms with Crippen LogP contribution in [-0.4, -0.2) is 46.8 Å². The Kier molecular flexibility index (Phi) is 4.50. The fourth-order valence-electron chi connectivity index (χ4n) is 2.97. The molecular formula is C15H22ClN3O2. The van der Waals surface area contributed by atoms with Gasteiger partial charge in [0.1, 0.15) is 0 Å². The van der Waals surface area contributed by atoms with Crippen LogP contribution in [0, 0.1) is 12.8 Å². The molecule has 1 atom stereocenters. The van der Waals surface area contributed by atoms with E-state index in [0.717, 1.165) is 31.7 Å². The first-order valence-corrected chi connectivity index (χ1v) is 8.14. The maximum Gasteiger partial charge on any atom is 0.276 e. The second-order valence-electron chi connectivity index (χ2n) is 6.15. The SMILES string of the molecule is Cc1[nH]nc(C(=O)N(CC2CCC2)CC2CCCO2)c1Cl. The van der Waals surface area contributed by atoms with Gasteiger partial charge >= 0.3 is 0 Å². The van der Waals surface area contributed by atoms with Crippen LogP contribution in [-0.2, 0) is 4.74 Å². The number of hydrogen-bond donors (Lipinski definition) is 1. The summed E-state index contributed by atoms with van der Waals surface area (Å²) >= 11 is 6.18. The highest BCUT2D eigenvalue weighted by molar-refractivity contribution is 6.34. The molecule has 5 nitrogen and oxygen atoms in total. The van der Waals surface area contributed by atoms with Crippen molar-refractivity contribution in [3.05, 3.63) is 16.4 Å². The number of nitrogens with zero attached hydrogens (tertiary/aromatic N) is 2. The molecule has 0 aromatic carbocycles. The van der Waals surface area contributed by atoms with E-state index in [1.165, 1.54) is 19.3 Å². The first-order chi connectivity index (χ1) is 10.1. The number of ether oxygens (including phenoxy) is 1. The van der Waals surface area contributed by atoms with Crippen molar-refractivity contribution in [2.24, 2.45) is 5.92 Å². The number of carbonyl (C=O) groups excluding carboxylic acids is 1. The summed E-state index contributed by atoms with van der Waals surface area (Å²) < 4.78 is 5.68. The van der Waals surface area contributed by atoms with Crippen LogP contribution in [0.25, 0.3) is 0 Å². The second kappa shape index (κ2) is 6.36. The molecule has 1 saturated heterocycles. The van der Waals surface area contributed by atoms with E-state index in [1.54, 1.807) is 0 Å². The zero-order valence-corrected chi connectivity index (χ0v) is 13.2. The number of carbonyl (C=O) groups is 1. The molecule has 1 aliphatic carbocycles. The lowest BCUT2D eigenvalue weighted by Crippen LogP contribution is -2.42.